The van der Waals surface area contributed by atoms with E-state index in [0.29, 0.717) is 22.2 Å². The van der Waals surface area contributed by atoms with Gasteiger partial charge in [0, 0.05) is 17.5 Å². The van der Waals surface area contributed by atoms with Crippen LogP contribution in [0.2, 0.25) is 5.02 Å². The molecule has 1 aliphatic rings. The summed E-state index contributed by atoms with van der Waals surface area (Å²) in [5, 5.41) is 4.84. The Morgan fingerprint density at radius 3 is 2.61 bits per heavy atom. The van der Waals surface area contributed by atoms with Crippen LogP contribution in [-0.2, 0) is 23.9 Å². The van der Waals surface area contributed by atoms with Crippen LogP contribution in [0.15, 0.2) is 47.3 Å². The highest BCUT2D eigenvalue weighted by Crippen LogP contribution is 2.39. The number of hydrogen-bond acceptors (Lipinski definition) is 4. The highest BCUT2D eigenvalue weighted by atomic mass is 35.5. The van der Waals surface area contributed by atoms with Crippen LogP contribution in [0.3, 0.4) is 0 Å². The fraction of sp³-hybridized carbons (Fsp3) is 0.348. The maximum absolute atomic E-state index is 13.2. The second kappa shape index (κ2) is 9.05. The normalized spacial score (nSPS) is 13.8. The van der Waals surface area contributed by atoms with E-state index in [1.54, 1.807) is 18.2 Å². The number of ether oxygens (including phenoxy) is 1. The number of halogens is 4. The molecule has 1 aliphatic carbocycles. The third kappa shape index (κ3) is 4.98. The summed E-state index contributed by atoms with van der Waals surface area (Å²) in [6.45, 7) is -0.324. The zero-order valence-corrected chi connectivity index (χ0v) is 18.5. The van der Waals surface area contributed by atoms with Gasteiger partial charge < -0.3 is 4.74 Å². The van der Waals surface area contributed by atoms with Crippen LogP contribution in [0.4, 0.5) is 13.2 Å². The van der Waals surface area contributed by atoms with E-state index < -0.39 is 17.4 Å². The third-order valence-electron chi connectivity index (χ3n) is 5.51. The number of hydrogen-bond donors (Lipinski definition) is 0. The number of methoxy groups -OCH3 is 1. The lowest BCUT2D eigenvalue weighted by Crippen LogP contribution is -2.27. The number of benzene rings is 2. The van der Waals surface area contributed by atoms with Gasteiger partial charge in [-0.05, 0) is 49.1 Å². The highest BCUT2D eigenvalue weighted by Gasteiger charge is 2.33. The largest absolute Gasteiger partial charge is 0.496 e. The summed E-state index contributed by atoms with van der Waals surface area (Å²) in [7, 11) is 1.48. The van der Waals surface area contributed by atoms with E-state index in [0.717, 1.165) is 23.6 Å². The number of aromatic nitrogens is 3. The van der Waals surface area contributed by atoms with Gasteiger partial charge in [0.15, 0.2) is 11.6 Å². The summed E-state index contributed by atoms with van der Waals surface area (Å²) in [5.74, 6) is 0.423. The second-order valence-corrected chi connectivity index (χ2v) is 8.34. The first-order chi connectivity index (χ1) is 15.7. The topological polar surface area (TPSA) is 66.1 Å². The molecule has 1 saturated carbocycles. The molecule has 0 unspecified atom stereocenters. The van der Waals surface area contributed by atoms with Gasteiger partial charge in [-0.25, -0.2) is 9.48 Å². The second-order valence-electron chi connectivity index (χ2n) is 7.90. The van der Waals surface area contributed by atoms with E-state index in [1.807, 2.05) is 0 Å². The highest BCUT2D eigenvalue weighted by molar-refractivity contribution is 6.30. The molecule has 2 aromatic carbocycles. The van der Waals surface area contributed by atoms with Crippen LogP contribution in [0.1, 0.15) is 36.4 Å². The summed E-state index contributed by atoms with van der Waals surface area (Å²) in [5.41, 5.74) is -0.587. The molecule has 0 amide bonds. The lowest BCUT2D eigenvalue weighted by atomic mass is 10.0. The molecular formula is C23H21ClF3N3O3. The van der Waals surface area contributed by atoms with Gasteiger partial charge in [-0.15, -0.1) is 5.10 Å². The third-order valence-corrected chi connectivity index (χ3v) is 5.74. The van der Waals surface area contributed by atoms with Crippen molar-refractivity contribution in [1.82, 2.24) is 14.3 Å². The molecular weight excluding hydrogens is 459 g/mol. The van der Waals surface area contributed by atoms with Gasteiger partial charge in [0.1, 0.15) is 12.3 Å². The van der Waals surface area contributed by atoms with E-state index in [-0.39, 0.29) is 36.8 Å². The Bertz CT molecular complexity index is 1250. The van der Waals surface area contributed by atoms with Crippen LogP contribution in [0, 0.1) is 0 Å². The van der Waals surface area contributed by atoms with Crippen molar-refractivity contribution < 1.29 is 22.7 Å². The van der Waals surface area contributed by atoms with Gasteiger partial charge in [-0.1, -0.05) is 29.8 Å². The number of carbonyl (C=O) groups is 1. The number of Topliss-reactive ketones (excluding diaryl/α,β-unsaturated/α-hetero) is 1. The number of carbonyl (C=O) groups excluding carboxylic acids is 1. The van der Waals surface area contributed by atoms with Crippen LogP contribution < -0.4 is 10.4 Å². The van der Waals surface area contributed by atoms with Crippen molar-refractivity contribution in [2.75, 3.05) is 7.11 Å². The summed E-state index contributed by atoms with van der Waals surface area (Å²) in [4.78, 5) is 25.6. The van der Waals surface area contributed by atoms with Crippen molar-refractivity contribution in [3.8, 4) is 17.1 Å². The number of aryl methyl sites for hydroxylation is 1. The fourth-order valence-electron chi connectivity index (χ4n) is 3.75. The number of rotatable bonds is 8. The van der Waals surface area contributed by atoms with Gasteiger partial charge >= 0.3 is 11.9 Å². The van der Waals surface area contributed by atoms with Crippen molar-refractivity contribution in [2.45, 2.75) is 44.4 Å². The van der Waals surface area contributed by atoms with Crippen LogP contribution in [0.5, 0.6) is 5.75 Å². The molecule has 4 rings (SSSR count). The Morgan fingerprint density at radius 1 is 1.21 bits per heavy atom. The average Bonchev–Trinajstić information content (AvgIpc) is 3.56. The lowest BCUT2D eigenvalue weighted by molar-refractivity contribution is -0.138. The zero-order chi connectivity index (χ0) is 23.8. The molecule has 0 N–H and O–H groups in total. The van der Waals surface area contributed by atoms with Gasteiger partial charge in [0.25, 0.3) is 0 Å². The minimum atomic E-state index is -4.49. The Morgan fingerprint density at radius 2 is 1.94 bits per heavy atom. The Balaban J connectivity index is 1.57. The minimum Gasteiger partial charge on any atom is -0.496 e. The van der Waals surface area contributed by atoms with E-state index in [2.05, 4.69) is 5.10 Å². The maximum atomic E-state index is 13.2. The van der Waals surface area contributed by atoms with Gasteiger partial charge in [0.2, 0.25) is 0 Å². The van der Waals surface area contributed by atoms with Crippen molar-refractivity contribution in [2.24, 2.45) is 0 Å². The van der Waals surface area contributed by atoms with Crippen LogP contribution in [0.25, 0.3) is 11.4 Å². The van der Waals surface area contributed by atoms with Crippen molar-refractivity contribution in [1.29, 1.82) is 0 Å². The van der Waals surface area contributed by atoms with Crippen LogP contribution >= 0.6 is 11.6 Å². The smallest absolute Gasteiger partial charge is 0.416 e. The first-order valence-corrected chi connectivity index (χ1v) is 10.8. The molecule has 3 aromatic rings. The molecule has 174 valence electrons. The number of nitrogens with zero attached hydrogens (tertiary/aromatic N) is 3. The molecule has 6 nitrogen and oxygen atoms in total. The summed E-state index contributed by atoms with van der Waals surface area (Å²) in [6, 6.07) is 10.1. The summed E-state index contributed by atoms with van der Waals surface area (Å²) < 4.78 is 47.6. The van der Waals surface area contributed by atoms with E-state index in [4.69, 9.17) is 16.3 Å². The van der Waals surface area contributed by atoms with Crippen molar-refractivity contribution in [3.63, 3.8) is 0 Å². The van der Waals surface area contributed by atoms with Crippen molar-refractivity contribution >= 4 is 17.4 Å². The lowest BCUT2D eigenvalue weighted by Gasteiger charge is -2.12. The number of ketones is 1. The molecule has 0 spiro atoms. The first-order valence-electron chi connectivity index (χ1n) is 10.4. The van der Waals surface area contributed by atoms with Crippen LogP contribution in [-0.4, -0.2) is 27.2 Å². The Labute approximate surface area is 192 Å². The monoisotopic (exact) mass is 479 g/mol. The first kappa shape index (κ1) is 23.1. The average molecular weight is 480 g/mol. The molecule has 0 saturated heterocycles. The minimum absolute atomic E-state index is 0.0181. The molecule has 1 fully saturated rings. The SMILES string of the molecule is COc1cc(Cl)ccc1-c1nn(CC(=O)CCc2ccccc2C(F)(F)F)c(=O)n1C1CC1. The quantitative estimate of drug-likeness (QED) is 0.459. The standard InChI is InChI=1S/C23H21ClF3N3O3/c1-33-20-12-15(24)7-11-18(20)21-28-29(22(32)30(21)16-8-9-16)13-17(31)10-6-14-4-2-3-5-19(14)23(25,26)27/h2-5,7,11-12,16H,6,8-10,13H2,1H3. The molecule has 0 radical (unpaired) electrons. The molecule has 0 bridgehead atoms. The van der Waals surface area contributed by atoms with Gasteiger partial charge in [-0.2, -0.15) is 13.2 Å². The molecule has 0 aliphatic heterocycles. The Hall–Kier alpha value is -3.07. The maximum Gasteiger partial charge on any atom is 0.416 e. The predicted octanol–water partition coefficient (Wildman–Crippen LogP) is 4.93. The van der Waals surface area contributed by atoms with Gasteiger partial charge in [0.05, 0.1) is 18.2 Å². The van der Waals surface area contributed by atoms with E-state index in [1.165, 1.54) is 29.9 Å². The zero-order valence-electron chi connectivity index (χ0n) is 17.7. The van der Waals surface area contributed by atoms with E-state index >= 15 is 0 Å². The molecule has 1 aromatic heterocycles. The number of alkyl halides is 3. The summed E-state index contributed by atoms with van der Waals surface area (Å²) in [6.07, 6.45) is -3.08. The molecule has 0 atom stereocenters. The molecule has 1 heterocycles. The van der Waals surface area contributed by atoms with E-state index in [9.17, 15) is 22.8 Å². The summed E-state index contributed by atoms with van der Waals surface area (Å²) >= 11 is 6.04. The predicted molar refractivity (Wildman–Crippen MR) is 117 cm³/mol. The Kier molecular flexibility index (Phi) is 6.34. The molecule has 33 heavy (non-hydrogen) atoms. The fourth-order valence-corrected chi connectivity index (χ4v) is 3.92. The van der Waals surface area contributed by atoms with Crippen molar-refractivity contribution in [3.05, 3.63) is 69.1 Å². The van der Waals surface area contributed by atoms with Gasteiger partial charge in [-0.3, -0.25) is 9.36 Å². The molecule has 10 heteroatoms.